The van der Waals surface area contributed by atoms with E-state index in [-0.39, 0.29) is 17.4 Å². The molecule has 2 aromatic rings. The molecule has 2 atom stereocenters. The molecule has 0 unspecified atom stereocenters. The van der Waals surface area contributed by atoms with Gasteiger partial charge in [0.15, 0.2) is 0 Å². The topological polar surface area (TPSA) is 92.1 Å². The average Bonchev–Trinajstić information content (AvgIpc) is 2.90. The zero-order valence-corrected chi connectivity index (χ0v) is 16.6. The summed E-state index contributed by atoms with van der Waals surface area (Å²) in [7, 11) is 0. The minimum atomic E-state index is -0.241. The predicted molar refractivity (Wildman–Crippen MR) is 105 cm³/mol. The van der Waals surface area contributed by atoms with Gasteiger partial charge in [-0.3, -0.25) is 14.5 Å². The molecule has 0 spiro atoms. The number of H-pyrrole nitrogens is 1. The van der Waals surface area contributed by atoms with Crippen molar-refractivity contribution in [2.24, 2.45) is 17.6 Å². The number of hydrogen-bond acceptors (Lipinski definition) is 5. The summed E-state index contributed by atoms with van der Waals surface area (Å²) in [4.78, 5) is 36.0. The lowest BCUT2D eigenvalue weighted by Gasteiger charge is -2.30. The smallest absolute Gasteiger partial charge is 0.259 e. The summed E-state index contributed by atoms with van der Waals surface area (Å²) in [5.41, 5.74) is 6.55. The number of thiophene rings is 1. The van der Waals surface area contributed by atoms with E-state index in [0.717, 1.165) is 48.0 Å². The van der Waals surface area contributed by atoms with Crippen molar-refractivity contribution >= 4 is 27.5 Å². The molecule has 1 aliphatic rings. The number of piperidine rings is 1. The molecule has 0 saturated carbocycles. The summed E-state index contributed by atoms with van der Waals surface area (Å²) in [5.74, 6) is 0.870. The van der Waals surface area contributed by atoms with Gasteiger partial charge in [0.2, 0.25) is 5.91 Å². The second-order valence-corrected chi connectivity index (χ2v) is 8.73. The number of fused-ring (bicyclic) bond motifs is 1. The largest absolute Gasteiger partial charge is 0.369 e. The fraction of sp³-hybridized carbons (Fsp3) is 0.632. The van der Waals surface area contributed by atoms with Gasteiger partial charge in [-0.05, 0) is 44.2 Å². The van der Waals surface area contributed by atoms with Crippen LogP contribution in [0.15, 0.2) is 4.79 Å². The SMILES string of the molecule is CC[C@@H](C)Cc1c(C)sc2nc(CN3CCC[C@H](C(N)=O)C3)[nH]c(=O)c12. The molecular weight excluding hydrogens is 348 g/mol. The van der Waals surface area contributed by atoms with Gasteiger partial charge >= 0.3 is 0 Å². The summed E-state index contributed by atoms with van der Waals surface area (Å²) in [5, 5.41) is 0.755. The van der Waals surface area contributed by atoms with Crippen molar-refractivity contribution in [1.29, 1.82) is 0 Å². The first-order valence-corrected chi connectivity index (χ1v) is 10.2. The van der Waals surface area contributed by atoms with E-state index in [1.54, 1.807) is 11.3 Å². The number of primary amides is 1. The quantitative estimate of drug-likeness (QED) is 0.810. The number of nitrogens with two attached hydrogens (primary N) is 1. The van der Waals surface area contributed by atoms with Crippen molar-refractivity contribution in [3.63, 3.8) is 0 Å². The summed E-state index contributed by atoms with van der Waals surface area (Å²) >= 11 is 1.60. The van der Waals surface area contributed by atoms with Crippen molar-refractivity contribution in [2.45, 2.75) is 53.0 Å². The molecule has 26 heavy (non-hydrogen) atoms. The van der Waals surface area contributed by atoms with Crippen LogP contribution in [0.1, 0.15) is 49.4 Å². The zero-order valence-electron chi connectivity index (χ0n) is 15.8. The van der Waals surface area contributed by atoms with E-state index in [4.69, 9.17) is 10.7 Å². The van der Waals surface area contributed by atoms with Gasteiger partial charge < -0.3 is 10.7 Å². The van der Waals surface area contributed by atoms with E-state index in [9.17, 15) is 9.59 Å². The highest BCUT2D eigenvalue weighted by molar-refractivity contribution is 7.18. The molecule has 3 rings (SSSR count). The first kappa shape index (κ1) is 19.0. The van der Waals surface area contributed by atoms with Crippen molar-refractivity contribution in [2.75, 3.05) is 13.1 Å². The number of hydrogen-bond donors (Lipinski definition) is 2. The van der Waals surface area contributed by atoms with Gasteiger partial charge in [-0.25, -0.2) is 4.98 Å². The minimum Gasteiger partial charge on any atom is -0.369 e. The van der Waals surface area contributed by atoms with Gasteiger partial charge in [0.1, 0.15) is 10.7 Å². The van der Waals surface area contributed by atoms with E-state index in [0.29, 0.717) is 24.8 Å². The van der Waals surface area contributed by atoms with Crippen LogP contribution in [0.3, 0.4) is 0 Å². The van der Waals surface area contributed by atoms with Crippen molar-refractivity contribution in [1.82, 2.24) is 14.9 Å². The van der Waals surface area contributed by atoms with Crippen molar-refractivity contribution < 1.29 is 4.79 Å². The van der Waals surface area contributed by atoms with Crippen molar-refractivity contribution in [3.8, 4) is 0 Å². The number of aryl methyl sites for hydroxylation is 1. The lowest BCUT2D eigenvalue weighted by atomic mass is 9.97. The van der Waals surface area contributed by atoms with Gasteiger partial charge in [0, 0.05) is 11.4 Å². The molecule has 7 heteroatoms. The molecule has 6 nitrogen and oxygen atoms in total. The number of aromatic amines is 1. The zero-order chi connectivity index (χ0) is 18.8. The summed E-state index contributed by atoms with van der Waals surface area (Å²) < 4.78 is 0. The highest BCUT2D eigenvalue weighted by Gasteiger charge is 2.25. The molecule has 3 heterocycles. The van der Waals surface area contributed by atoms with Crippen LogP contribution in [-0.2, 0) is 17.8 Å². The van der Waals surface area contributed by atoms with Crippen molar-refractivity contribution in [3.05, 3.63) is 26.6 Å². The number of nitrogens with zero attached hydrogens (tertiary/aromatic N) is 2. The maximum Gasteiger partial charge on any atom is 0.259 e. The van der Waals surface area contributed by atoms with Gasteiger partial charge in [0.05, 0.1) is 17.8 Å². The Morgan fingerprint density at radius 2 is 2.27 bits per heavy atom. The number of rotatable bonds is 6. The van der Waals surface area contributed by atoms with Crippen LogP contribution in [0.5, 0.6) is 0 Å². The van der Waals surface area contributed by atoms with Crippen LogP contribution in [0.2, 0.25) is 0 Å². The Labute approximate surface area is 157 Å². The van der Waals surface area contributed by atoms with E-state index in [2.05, 4.69) is 30.7 Å². The second kappa shape index (κ2) is 7.88. The molecule has 0 radical (unpaired) electrons. The van der Waals surface area contributed by atoms with Crippen LogP contribution < -0.4 is 11.3 Å². The Hall–Kier alpha value is -1.73. The molecule has 3 N–H and O–H groups in total. The van der Waals surface area contributed by atoms with Crippen LogP contribution in [-0.4, -0.2) is 33.9 Å². The average molecular weight is 377 g/mol. The van der Waals surface area contributed by atoms with Gasteiger partial charge in [-0.15, -0.1) is 11.3 Å². The molecule has 1 amide bonds. The first-order chi connectivity index (χ1) is 12.4. The summed E-state index contributed by atoms with van der Waals surface area (Å²) in [6, 6.07) is 0. The molecule has 1 saturated heterocycles. The second-order valence-electron chi connectivity index (χ2n) is 7.52. The molecule has 1 fully saturated rings. The van der Waals surface area contributed by atoms with Gasteiger partial charge in [-0.2, -0.15) is 0 Å². The van der Waals surface area contributed by atoms with E-state index in [1.807, 2.05) is 0 Å². The number of carbonyl (C=O) groups is 1. The minimum absolute atomic E-state index is 0.0453. The molecule has 0 bridgehead atoms. The maximum atomic E-state index is 12.7. The summed E-state index contributed by atoms with van der Waals surface area (Å²) in [6.45, 7) is 8.55. The van der Waals surface area contributed by atoms with E-state index in [1.165, 1.54) is 4.88 Å². The van der Waals surface area contributed by atoms with Crippen LogP contribution in [0.25, 0.3) is 10.2 Å². The van der Waals surface area contributed by atoms with Gasteiger partial charge in [0.25, 0.3) is 5.56 Å². The fourth-order valence-corrected chi connectivity index (χ4v) is 4.75. The number of likely N-dealkylation sites (tertiary alicyclic amines) is 1. The monoisotopic (exact) mass is 376 g/mol. The third kappa shape index (κ3) is 3.99. The van der Waals surface area contributed by atoms with E-state index < -0.39 is 0 Å². The molecular formula is C19H28N4O2S. The van der Waals surface area contributed by atoms with Gasteiger partial charge in [-0.1, -0.05) is 20.3 Å². The number of aromatic nitrogens is 2. The predicted octanol–water partition coefficient (Wildman–Crippen LogP) is 2.58. The molecule has 2 aromatic heterocycles. The normalized spacial score (nSPS) is 19.7. The maximum absolute atomic E-state index is 12.7. The Morgan fingerprint density at radius 3 is 2.96 bits per heavy atom. The fourth-order valence-electron chi connectivity index (χ4n) is 3.68. The Balaban J connectivity index is 1.85. The third-order valence-corrected chi connectivity index (χ3v) is 6.48. The highest BCUT2D eigenvalue weighted by atomic mass is 32.1. The molecule has 0 aromatic carbocycles. The number of amides is 1. The highest BCUT2D eigenvalue weighted by Crippen LogP contribution is 2.29. The first-order valence-electron chi connectivity index (χ1n) is 9.41. The lowest BCUT2D eigenvalue weighted by Crippen LogP contribution is -2.41. The Bertz CT molecular complexity index is 857. The van der Waals surface area contributed by atoms with E-state index >= 15 is 0 Å². The standard InChI is InChI=1S/C19H28N4O2S/c1-4-11(2)8-14-12(3)26-19-16(14)18(25)21-15(22-19)10-23-7-5-6-13(9-23)17(20)24/h11,13H,4-10H2,1-3H3,(H2,20,24)(H,21,22,25)/t11-,13+/m1/s1. The number of carbonyl (C=O) groups excluding carboxylic acids is 1. The van der Waals surface area contributed by atoms with Crippen LogP contribution in [0, 0.1) is 18.8 Å². The lowest BCUT2D eigenvalue weighted by molar-refractivity contribution is -0.123. The molecule has 142 valence electrons. The number of nitrogens with one attached hydrogen (secondary N) is 1. The van der Waals surface area contributed by atoms with Crippen LogP contribution >= 0.6 is 11.3 Å². The molecule has 1 aliphatic heterocycles. The Kier molecular flexibility index (Phi) is 5.77. The summed E-state index contributed by atoms with van der Waals surface area (Å²) in [6.07, 6.45) is 3.80. The Morgan fingerprint density at radius 1 is 1.50 bits per heavy atom. The third-order valence-electron chi connectivity index (χ3n) is 5.44. The molecule has 0 aliphatic carbocycles. The van der Waals surface area contributed by atoms with Crippen LogP contribution in [0.4, 0.5) is 0 Å².